The monoisotopic (exact) mass is 357 g/mol. The first-order chi connectivity index (χ1) is 10.5. The van der Waals surface area contributed by atoms with Crippen molar-refractivity contribution in [3.05, 3.63) is 58.3 Å². The quantitative estimate of drug-likeness (QED) is 0.535. The lowest BCUT2D eigenvalue weighted by molar-refractivity contribution is -0.116. The summed E-state index contributed by atoms with van der Waals surface area (Å²) in [7, 11) is 0. The van der Waals surface area contributed by atoms with Crippen molar-refractivity contribution in [2.75, 3.05) is 11.1 Å². The Morgan fingerprint density at radius 2 is 1.86 bits per heavy atom. The fourth-order valence-corrected chi connectivity index (χ4v) is 2.95. The lowest BCUT2D eigenvalue weighted by atomic mass is 10.3. The van der Waals surface area contributed by atoms with Crippen molar-refractivity contribution in [3.63, 3.8) is 0 Å². The van der Waals surface area contributed by atoms with Crippen LogP contribution in [-0.4, -0.2) is 11.7 Å². The van der Waals surface area contributed by atoms with Gasteiger partial charge in [-0.2, -0.15) is 0 Å². The van der Waals surface area contributed by atoms with E-state index in [1.807, 2.05) is 0 Å². The van der Waals surface area contributed by atoms with Gasteiger partial charge in [-0.3, -0.25) is 4.79 Å². The van der Waals surface area contributed by atoms with Gasteiger partial charge in [0.05, 0.1) is 10.7 Å². The molecule has 0 aliphatic rings. The second kappa shape index (κ2) is 8.42. The van der Waals surface area contributed by atoms with E-state index in [0.29, 0.717) is 28.6 Å². The maximum absolute atomic E-state index is 12.8. The van der Waals surface area contributed by atoms with Crippen molar-refractivity contribution in [2.24, 2.45) is 0 Å². The largest absolute Gasteiger partial charge is 0.325 e. The van der Waals surface area contributed by atoms with Crippen LogP contribution in [0.25, 0.3) is 0 Å². The molecule has 0 saturated heterocycles. The summed E-state index contributed by atoms with van der Waals surface area (Å²) in [6.45, 7) is 0. The van der Waals surface area contributed by atoms with Gasteiger partial charge in [0.2, 0.25) is 5.91 Å². The van der Waals surface area contributed by atoms with Crippen molar-refractivity contribution in [2.45, 2.75) is 17.7 Å². The highest BCUT2D eigenvalue weighted by Gasteiger charge is 2.06. The second-order valence-corrected chi connectivity index (χ2v) is 6.59. The number of nitrogens with one attached hydrogen (secondary N) is 1. The molecule has 0 spiro atoms. The van der Waals surface area contributed by atoms with Crippen LogP contribution in [0.4, 0.5) is 10.1 Å². The molecule has 2 rings (SSSR count). The Balaban J connectivity index is 1.74. The molecule has 2 aromatic rings. The van der Waals surface area contributed by atoms with Gasteiger partial charge in [0, 0.05) is 16.3 Å². The number of carbonyl (C=O) groups excluding carboxylic acids is 1. The van der Waals surface area contributed by atoms with Gasteiger partial charge < -0.3 is 5.32 Å². The average molecular weight is 358 g/mol. The molecule has 0 heterocycles. The summed E-state index contributed by atoms with van der Waals surface area (Å²) in [4.78, 5) is 12.8. The third-order valence-corrected chi connectivity index (χ3v) is 4.50. The second-order valence-electron chi connectivity index (χ2n) is 4.58. The third-order valence-electron chi connectivity index (χ3n) is 2.83. The van der Waals surface area contributed by atoms with Crippen molar-refractivity contribution in [1.29, 1.82) is 0 Å². The molecule has 0 saturated carbocycles. The molecular weight excluding hydrogens is 344 g/mol. The van der Waals surface area contributed by atoms with Gasteiger partial charge in [0.1, 0.15) is 5.82 Å². The van der Waals surface area contributed by atoms with Crippen molar-refractivity contribution in [3.8, 4) is 0 Å². The first-order valence-electron chi connectivity index (χ1n) is 6.68. The molecule has 116 valence electrons. The molecule has 0 radical (unpaired) electrons. The predicted molar refractivity (Wildman–Crippen MR) is 91.4 cm³/mol. The molecule has 0 aromatic heterocycles. The van der Waals surface area contributed by atoms with E-state index >= 15 is 0 Å². The molecular formula is C16H14Cl2FNOS. The standard InChI is InChI=1S/C16H14Cl2FNOS/c17-11-3-8-14(18)15(10-11)20-16(21)2-1-9-22-13-6-4-12(19)5-7-13/h3-8,10H,1-2,9H2,(H,20,21). The van der Waals surface area contributed by atoms with Crippen LogP contribution < -0.4 is 5.32 Å². The number of anilines is 1. The van der Waals surface area contributed by atoms with E-state index in [9.17, 15) is 9.18 Å². The normalized spacial score (nSPS) is 10.5. The molecule has 2 aromatic carbocycles. The highest BCUT2D eigenvalue weighted by Crippen LogP contribution is 2.26. The average Bonchev–Trinajstić information content (AvgIpc) is 2.49. The zero-order valence-corrected chi connectivity index (χ0v) is 13.9. The molecule has 0 aliphatic carbocycles. The molecule has 22 heavy (non-hydrogen) atoms. The topological polar surface area (TPSA) is 29.1 Å². The number of thioether (sulfide) groups is 1. The first kappa shape index (κ1) is 17.1. The summed E-state index contributed by atoms with van der Waals surface area (Å²) < 4.78 is 12.8. The van der Waals surface area contributed by atoms with E-state index in [0.717, 1.165) is 10.6 Å². The number of benzene rings is 2. The number of carbonyl (C=O) groups is 1. The summed E-state index contributed by atoms with van der Waals surface area (Å²) in [5.74, 6) is 0.425. The highest BCUT2D eigenvalue weighted by molar-refractivity contribution is 7.99. The van der Waals surface area contributed by atoms with Crippen LogP contribution in [0, 0.1) is 5.82 Å². The molecule has 1 amide bonds. The lowest BCUT2D eigenvalue weighted by Gasteiger charge is -2.07. The minimum Gasteiger partial charge on any atom is -0.325 e. The van der Waals surface area contributed by atoms with Crippen LogP contribution in [-0.2, 0) is 4.79 Å². The van der Waals surface area contributed by atoms with E-state index in [1.54, 1.807) is 42.1 Å². The summed E-state index contributed by atoms with van der Waals surface area (Å²) in [5, 5.41) is 3.72. The van der Waals surface area contributed by atoms with Crippen molar-refractivity contribution in [1.82, 2.24) is 0 Å². The minimum absolute atomic E-state index is 0.108. The summed E-state index contributed by atoms with van der Waals surface area (Å²) in [6, 6.07) is 11.2. The molecule has 0 bridgehead atoms. The Kier molecular flexibility index (Phi) is 6.55. The summed E-state index contributed by atoms with van der Waals surface area (Å²) in [6.07, 6.45) is 1.10. The Morgan fingerprint density at radius 3 is 2.59 bits per heavy atom. The SMILES string of the molecule is O=C(CCCSc1ccc(F)cc1)Nc1cc(Cl)ccc1Cl. The van der Waals surface area contributed by atoms with Crippen LogP contribution in [0.3, 0.4) is 0 Å². The van der Waals surface area contributed by atoms with Gasteiger partial charge in [0.25, 0.3) is 0 Å². The molecule has 0 aliphatic heterocycles. The van der Waals surface area contributed by atoms with Crippen molar-refractivity contribution >= 4 is 46.6 Å². The van der Waals surface area contributed by atoms with Gasteiger partial charge in [-0.05, 0) is 54.6 Å². The Morgan fingerprint density at radius 1 is 1.14 bits per heavy atom. The number of hydrogen-bond donors (Lipinski definition) is 1. The molecule has 0 atom stereocenters. The zero-order chi connectivity index (χ0) is 15.9. The zero-order valence-electron chi connectivity index (χ0n) is 11.6. The van der Waals surface area contributed by atoms with E-state index in [-0.39, 0.29) is 11.7 Å². The van der Waals surface area contributed by atoms with Gasteiger partial charge in [-0.25, -0.2) is 4.39 Å². The summed E-state index contributed by atoms with van der Waals surface area (Å²) >= 11 is 13.4. The highest BCUT2D eigenvalue weighted by atomic mass is 35.5. The lowest BCUT2D eigenvalue weighted by Crippen LogP contribution is -2.11. The molecule has 1 N–H and O–H groups in total. The van der Waals surface area contributed by atoms with Gasteiger partial charge in [-0.1, -0.05) is 23.2 Å². The molecule has 2 nitrogen and oxygen atoms in total. The van der Waals surface area contributed by atoms with Crippen LogP contribution in [0.15, 0.2) is 47.4 Å². The maximum Gasteiger partial charge on any atom is 0.224 e. The van der Waals surface area contributed by atoms with Crippen molar-refractivity contribution < 1.29 is 9.18 Å². The van der Waals surface area contributed by atoms with Gasteiger partial charge in [-0.15, -0.1) is 11.8 Å². The van der Waals surface area contributed by atoms with E-state index < -0.39 is 0 Å². The summed E-state index contributed by atoms with van der Waals surface area (Å²) in [5.41, 5.74) is 0.519. The minimum atomic E-state index is -0.248. The third kappa shape index (κ3) is 5.52. The van der Waals surface area contributed by atoms with E-state index in [4.69, 9.17) is 23.2 Å². The number of hydrogen-bond acceptors (Lipinski definition) is 2. The molecule has 0 unspecified atom stereocenters. The maximum atomic E-state index is 12.8. The van der Waals surface area contributed by atoms with Crippen LogP contribution >= 0.6 is 35.0 Å². The van der Waals surface area contributed by atoms with Crippen LogP contribution in [0.1, 0.15) is 12.8 Å². The molecule has 0 fully saturated rings. The van der Waals surface area contributed by atoms with Gasteiger partial charge >= 0.3 is 0 Å². The number of halogens is 3. The van der Waals surface area contributed by atoms with Gasteiger partial charge in [0.15, 0.2) is 0 Å². The number of rotatable bonds is 6. The molecule has 6 heteroatoms. The van der Waals surface area contributed by atoms with E-state index in [1.165, 1.54) is 12.1 Å². The predicted octanol–water partition coefficient (Wildman–Crippen LogP) is 5.64. The fourth-order valence-electron chi connectivity index (χ4n) is 1.76. The Hall–Kier alpha value is -1.23. The Labute approximate surface area is 143 Å². The smallest absolute Gasteiger partial charge is 0.224 e. The number of amides is 1. The van der Waals surface area contributed by atoms with E-state index in [2.05, 4.69) is 5.32 Å². The fraction of sp³-hybridized carbons (Fsp3) is 0.188. The van der Waals surface area contributed by atoms with Crippen LogP contribution in [0.2, 0.25) is 10.0 Å². The first-order valence-corrected chi connectivity index (χ1v) is 8.42. The Bertz CT molecular complexity index is 649. The van der Waals surface area contributed by atoms with Crippen LogP contribution in [0.5, 0.6) is 0 Å².